The molecule has 1 aliphatic carbocycles. The van der Waals surface area contributed by atoms with Crippen LogP contribution in [0.1, 0.15) is 50.4 Å². The summed E-state index contributed by atoms with van der Waals surface area (Å²) in [6.45, 7) is 7.11. The van der Waals surface area contributed by atoms with Crippen LogP contribution >= 0.6 is 0 Å². The lowest BCUT2D eigenvalue weighted by atomic mass is 9.65. The van der Waals surface area contributed by atoms with Gasteiger partial charge < -0.3 is 9.64 Å². The molecule has 29 heavy (non-hydrogen) atoms. The summed E-state index contributed by atoms with van der Waals surface area (Å²) in [5, 5.41) is 0. The van der Waals surface area contributed by atoms with E-state index >= 15 is 0 Å². The van der Waals surface area contributed by atoms with E-state index in [0.717, 1.165) is 23.6 Å². The first kappa shape index (κ1) is 21.8. The molecular formula is C21H30N2O5S. The quantitative estimate of drug-likeness (QED) is 0.681. The van der Waals surface area contributed by atoms with Crippen LogP contribution in [0.15, 0.2) is 29.2 Å². The molecule has 2 fully saturated rings. The van der Waals surface area contributed by atoms with E-state index in [1.54, 1.807) is 0 Å². The molecule has 1 aromatic carbocycles. The number of ether oxygens (including phenoxy) is 1. The molecule has 1 aromatic rings. The van der Waals surface area contributed by atoms with Gasteiger partial charge in [0, 0.05) is 26.7 Å². The van der Waals surface area contributed by atoms with E-state index in [2.05, 4.69) is 20.8 Å². The smallest absolute Gasteiger partial charge is 0.338 e. The molecule has 2 bridgehead atoms. The van der Waals surface area contributed by atoms with Crippen molar-refractivity contribution in [1.82, 2.24) is 9.21 Å². The van der Waals surface area contributed by atoms with Crippen molar-refractivity contribution in [3.8, 4) is 0 Å². The highest BCUT2D eigenvalue weighted by Gasteiger charge is 2.50. The number of carbonyl (C=O) groups is 2. The Bertz CT molecular complexity index is 908. The van der Waals surface area contributed by atoms with Crippen molar-refractivity contribution in [2.45, 2.75) is 51.0 Å². The maximum Gasteiger partial charge on any atom is 0.338 e. The summed E-state index contributed by atoms with van der Waals surface area (Å²) in [6, 6.07) is 5.72. The van der Waals surface area contributed by atoms with Crippen LogP contribution in [0.5, 0.6) is 0 Å². The van der Waals surface area contributed by atoms with E-state index in [1.807, 2.05) is 4.90 Å². The third-order valence-corrected chi connectivity index (χ3v) is 7.76. The molecular weight excluding hydrogens is 392 g/mol. The summed E-state index contributed by atoms with van der Waals surface area (Å²) in [6.07, 6.45) is 3.05. The average molecular weight is 423 g/mol. The largest absolute Gasteiger partial charge is 0.452 e. The molecule has 2 atom stereocenters. The Labute approximate surface area is 173 Å². The van der Waals surface area contributed by atoms with Crippen LogP contribution in [-0.4, -0.2) is 62.8 Å². The number of nitrogens with zero attached hydrogens (tertiary/aromatic N) is 2. The highest BCUT2D eigenvalue weighted by atomic mass is 32.2. The second-order valence-electron chi connectivity index (χ2n) is 9.62. The van der Waals surface area contributed by atoms with Crippen LogP contribution in [0.2, 0.25) is 0 Å². The third kappa shape index (κ3) is 4.48. The van der Waals surface area contributed by atoms with E-state index in [1.165, 1.54) is 38.4 Å². The van der Waals surface area contributed by atoms with Gasteiger partial charge in [0.05, 0.1) is 10.5 Å². The summed E-state index contributed by atoms with van der Waals surface area (Å²) in [5.41, 5.74) is 0.543. The monoisotopic (exact) mass is 422 g/mol. The van der Waals surface area contributed by atoms with Crippen LogP contribution in [0.25, 0.3) is 0 Å². The number of carbonyl (C=O) groups excluding carboxylic acids is 2. The van der Waals surface area contributed by atoms with Gasteiger partial charge in [-0.05, 0) is 54.4 Å². The van der Waals surface area contributed by atoms with Crippen LogP contribution in [-0.2, 0) is 19.6 Å². The van der Waals surface area contributed by atoms with Crippen LogP contribution in [0.4, 0.5) is 0 Å². The average Bonchev–Trinajstić information content (AvgIpc) is 2.88. The van der Waals surface area contributed by atoms with Crippen LogP contribution in [0, 0.1) is 10.8 Å². The molecule has 1 saturated heterocycles. The number of likely N-dealkylation sites (tertiary alicyclic amines) is 1. The Morgan fingerprint density at radius 2 is 1.76 bits per heavy atom. The lowest BCUT2D eigenvalue weighted by Gasteiger charge is -2.39. The van der Waals surface area contributed by atoms with Gasteiger partial charge >= 0.3 is 5.97 Å². The molecule has 1 aliphatic heterocycles. The zero-order valence-electron chi connectivity index (χ0n) is 17.8. The zero-order valence-corrected chi connectivity index (χ0v) is 18.6. The molecule has 8 heteroatoms. The van der Waals surface area contributed by atoms with Crippen molar-refractivity contribution < 1.29 is 22.7 Å². The summed E-state index contributed by atoms with van der Waals surface area (Å²) >= 11 is 0. The number of amides is 1. The van der Waals surface area contributed by atoms with Gasteiger partial charge in [0.15, 0.2) is 6.61 Å². The van der Waals surface area contributed by atoms with Crippen molar-refractivity contribution in [1.29, 1.82) is 0 Å². The number of esters is 1. The van der Waals surface area contributed by atoms with E-state index in [9.17, 15) is 18.0 Å². The minimum Gasteiger partial charge on any atom is -0.452 e. The molecule has 0 spiro atoms. The fraction of sp³-hybridized carbons (Fsp3) is 0.619. The number of rotatable bonds is 5. The zero-order chi connectivity index (χ0) is 21.6. The number of hydrogen-bond donors (Lipinski definition) is 0. The fourth-order valence-corrected chi connectivity index (χ4v) is 5.92. The highest BCUT2D eigenvalue weighted by molar-refractivity contribution is 7.89. The number of benzene rings is 1. The van der Waals surface area contributed by atoms with Crippen molar-refractivity contribution in [3.05, 3.63) is 29.8 Å². The molecule has 0 N–H and O–H groups in total. The molecule has 0 radical (unpaired) electrons. The number of fused-ring (bicyclic) bond motifs is 2. The van der Waals surface area contributed by atoms with Gasteiger partial charge in [-0.15, -0.1) is 0 Å². The number of sulfonamides is 1. The molecule has 1 amide bonds. The molecule has 3 rings (SSSR count). The van der Waals surface area contributed by atoms with E-state index < -0.39 is 16.0 Å². The summed E-state index contributed by atoms with van der Waals surface area (Å²) in [7, 11) is -0.675. The normalized spacial score (nSPS) is 25.9. The Balaban J connectivity index is 1.61. The second-order valence-corrected chi connectivity index (χ2v) is 11.8. The van der Waals surface area contributed by atoms with Gasteiger partial charge in [0.25, 0.3) is 5.91 Å². The van der Waals surface area contributed by atoms with E-state index in [4.69, 9.17) is 4.74 Å². The molecule has 7 nitrogen and oxygen atoms in total. The summed E-state index contributed by atoms with van der Waals surface area (Å²) in [5.74, 6) is -0.808. The van der Waals surface area contributed by atoms with Crippen molar-refractivity contribution in [2.24, 2.45) is 10.8 Å². The molecule has 0 unspecified atom stereocenters. The third-order valence-electron chi connectivity index (χ3n) is 5.93. The van der Waals surface area contributed by atoms with Crippen LogP contribution in [0.3, 0.4) is 0 Å². The van der Waals surface area contributed by atoms with E-state index in [0.29, 0.717) is 6.54 Å². The van der Waals surface area contributed by atoms with Gasteiger partial charge in [-0.25, -0.2) is 17.5 Å². The number of hydrogen-bond acceptors (Lipinski definition) is 5. The molecule has 160 valence electrons. The first-order chi connectivity index (χ1) is 13.3. The lowest BCUT2D eigenvalue weighted by molar-refractivity contribution is -0.135. The van der Waals surface area contributed by atoms with Crippen molar-refractivity contribution in [2.75, 3.05) is 27.2 Å². The topological polar surface area (TPSA) is 84.0 Å². The Kier molecular flexibility index (Phi) is 5.55. The van der Waals surface area contributed by atoms with Gasteiger partial charge in [-0.3, -0.25) is 4.79 Å². The summed E-state index contributed by atoms with van der Waals surface area (Å²) in [4.78, 5) is 27.0. The molecule has 2 aliphatic rings. The van der Waals surface area contributed by atoms with Gasteiger partial charge in [-0.1, -0.05) is 20.8 Å². The SMILES string of the molecule is CN(C)S(=O)(=O)c1ccc(C(=O)OCC(=O)N2C[C@]3(C)C[C@H]2CC(C)(C)C3)cc1. The molecule has 0 aromatic heterocycles. The first-order valence-electron chi connectivity index (χ1n) is 9.82. The standard InChI is InChI=1S/C21H30N2O5S/c1-20(2)10-16-11-21(3,13-20)14-23(16)18(24)12-28-19(25)15-6-8-17(9-7-15)29(26,27)22(4)5/h6-9,16H,10-14H2,1-5H3/t16-,21-/m1/s1. The second kappa shape index (κ2) is 7.40. The predicted octanol–water partition coefficient (Wildman–Crippen LogP) is 2.52. The first-order valence-corrected chi connectivity index (χ1v) is 11.3. The Hall–Kier alpha value is -1.93. The highest BCUT2D eigenvalue weighted by Crippen LogP contribution is 2.52. The molecule has 1 saturated carbocycles. The minimum atomic E-state index is -3.56. The van der Waals surface area contributed by atoms with Gasteiger partial charge in [-0.2, -0.15) is 0 Å². The van der Waals surface area contributed by atoms with E-state index in [-0.39, 0.29) is 39.8 Å². The Morgan fingerprint density at radius 3 is 2.34 bits per heavy atom. The summed E-state index contributed by atoms with van der Waals surface area (Å²) < 4.78 is 30.5. The molecule has 1 heterocycles. The van der Waals surface area contributed by atoms with Crippen molar-refractivity contribution >= 4 is 21.9 Å². The van der Waals surface area contributed by atoms with Crippen molar-refractivity contribution in [3.63, 3.8) is 0 Å². The maximum atomic E-state index is 12.7. The fourth-order valence-electron chi connectivity index (χ4n) is 5.02. The van der Waals surface area contributed by atoms with Gasteiger partial charge in [0.2, 0.25) is 10.0 Å². The van der Waals surface area contributed by atoms with Gasteiger partial charge in [0.1, 0.15) is 0 Å². The maximum absolute atomic E-state index is 12.7. The lowest BCUT2D eigenvalue weighted by Crippen LogP contribution is -2.39. The Morgan fingerprint density at radius 1 is 1.14 bits per heavy atom. The predicted molar refractivity (Wildman–Crippen MR) is 109 cm³/mol. The van der Waals surface area contributed by atoms with Crippen LogP contribution < -0.4 is 0 Å². The minimum absolute atomic E-state index is 0.0929.